The second-order valence-electron chi connectivity index (χ2n) is 5.09. The van der Waals surface area contributed by atoms with E-state index in [1.165, 1.54) is 7.11 Å². The highest BCUT2D eigenvalue weighted by atomic mass is 16.5. The third-order valence-corrected chi connectivity index (χ3v) is 3.01. The molecule has 6 heteroatoms. The van der Waals surface area contributed by atoms with Gasteiger partial charge in [0.25, 0.3) is 0 Å². The van der Waals surface area contributed by atoms with Gasteiger partial charge < -0.3 is 10.1 Å². The maximum absolute atomic E-state index is 11.8. The number of hydrogen-bond acceptors (Lipinski definition) is 6. The molecule has 0 aliphatic rings. The number of methoxy groups -OCH3 is 1. The van der Waals surface area contributed by atoms with E-state index < -0.39 is 6.04 Å². The first-order chi connectivity index (χ1) is 9.51. The summed E-state index contributed by atoms with van der Waals surface area (Å²) in [5.74, 6) is 0.440. The number of esters is 1. The molecule has 1 rings (SSSR count). The molecule has 1 aromatic rings. The van der Waals surface area contributed by atoms with Gasteiger partial charge in [-0.1, -0.05) is 27.7 Å². The fraction of sp³-hybridized carbons (Fsp3) is 0.714. The molecule has 0 saturated carbocycles. The van der Waals surface area contributed by atoms with E-state index in [0.29, 0.717) is 18.3 Å². The Morgan fingerprint density at radius 2 is 1.85 bits per heavy atom. The van der Waals surface area contributed by atoms with Crippen LogP contribution >= 0.6 is 0 Å². The van der Waals surface area contributed by atoms with Crippen molar-refractivity contribution in [1.29, 1.82) is 0 Å². The van der Waals surface area contributed by atoms with E-state index in [0.717, 1.165) is 24.2 Å². The zero-order valence-electron chi connectivity index (χ0n) is 12.9. The van der Waals surface area contributed by atoms with Crippen LogP contribution in [-0.2, 0) is 22.4 Å². The first kappa shape index (κ1) is 16.3. The number of rotatable bonds is 7. The standard InChI is InChI=1S/C14H24N4O2/c1-6-10-11(7-2)17-18-14(15-10)16-12(8-9(3)4)13(19)20-5/h9,12H,6-8H2,1-5H3,(H,15,16,18). The lowest BCUT2D eigenvalue weighted by molar-refractivity contribution is -0.141. The normalized spacial score (nSPS) is 12.3. The van der Waals surface area contributed by atoms with Gasteiger partial charge in [0.1, 0.15) is 6.04 Å². The molecular formula is C14H24N4O2. The van der Waals surface area contributed by atoms with Gasteiger partial charge in [-0.25, -0.2) is 9.78 Å². The summed E-state index contributed by atoms with van der Waals surface area (Å²) in [4.78, 5) is 16.2. The molecule has 6 nitrogen and oxygen atoms in total. The number of anilines is 1. The molecule has 1 N–H and O–H groups in total. The van der Waals surface area contributed by atoms with Gasteiger partial charge in [0, 0.05) is 0 Å². The molecule has 0 saturated heterocycles. The predicted molar refractivity (Wildman–Crippen MR) is 77.5 cm³/mol. The van der Waals surface area contributed by atoms with Crippen molar-refractivity contribution in [3.63, 3.8) is 0 Å². The van der Waals surface area contributed by atoms with Gasteiger partial charge in [0.05, 0.1) is 18.5 Å². The number of carbonyl (C=O) groups excluding carboxylic acids is 1. The van der Waals surface area contributed by atoms with E-state index >= 15 is 0 Å². The zero-order valence-corrected chi connectivity index (χ0v) is 12.9. The third-order valence-electron chi connectivity index (χ3n) is 3.01. The van der Waals surface area contributed by atoms with Crippen LogP contribution in [0, 0.1) is 5.92 Å². The average molecular weight is 280 g/mol. The molecule has 0 aliphatic carbocycles. The van der Waals surface area contributed by atoms with E-state index in [-0.39, 0.29) is 5.97 Å². The molecule has 0 spiro atoms. The smallest absolute Gasteiger partial charge is 0.328 e. The molecule has 0 radical (unpaired) electrons. The molecule has 0 amide bonds. The minimum Gasteiger partial charge on any atom is -0.467 e. The van der Waals surface area contributed by atoms with Gasteiger partial charge in [-0.05, 0) is 25.2 Å². The summed E-state index contributed by atoms with van der Waals surface area (Å²) in [7, 11) is 1.38. The van der Waals surface area contributed by atoms with Crippen molar-refractivity contribution in [3.8, 4) is 0 Å². The van der Waals surface area contributed by atoms with Crippen LogP contribution in [0.2, 0.25) is 0 Å². The van der Waals surface area contributed by atoms with E-state index in [4.69, 9.17) is 4.74 Å². The predicted octanol–water partition coefficient (Wildman–Crippen LogP) is 2.00. The van der Waals surface area contributed by atoms with E-state index in [1.807, 2.05) is 27.7 Å². The lowest BCUT2D eigenvalue weighted by Gasteiger charge is -2.18. The Bertz CT molecular complexity index is 449. The maximum atomic E-state index is 11.8. The number of ether oxygens (including phenoxy) is 1. The number of carbonyl (C=O) groups is 1. The Kier molecular flexibility index (Phi) is 6.35. The van der Waals surface area contributed by atoms with Crippen LogP contribution in [-0.4, -0.2) is 34.3 Å². The number of nitrogens with zero attached hydrogens (tertiary/aromatic N) is 3. The summed E-state index contributed by atoms with van der Waals surface area (Å²) in [6, 6.07) is -0.445. The van der Waals surface area contributed by atoms with Gasteiger partial charge >= 0.3 is 5.97 Å². The van der Waals surface area contributed by atoms with Crippen LogP contribution in [0.1, 0.15) is 45.5 Å². The lowest BCUT2D eigenvalue weighted by Crippen LogP contribution is -2.33. The minimum atomic E-state index is -0.445. The summed E-state index contributed by atoms with van der Waals surface area (Å²) in [5.41, 5.74) is 1.81. The summed E-state index contributed by atoms with van der Waals surface area (Å²) < 4.78 is 4.81. The molecule has 1 aromatic heterocycles. The van der Waals surface area contributed by atoms with Gasteiger partial charge in [-0.3, -0.25) is 0 Å². The summed E-state index contributed by atoms with van der Waals surface area (Å²) in [5, 5.41) is 11.2. The van der Waals surface area contributed by atoms with Crippen LogP contribution in [0.25, 0.3) is 0 Å². The lowest BCUT2D eigenvalue weighted by atomic mass is 10.0. The molecule has 0 bridgehead atoms. The van der Waals surface area contributed by atoms with Gasteiger partial charge in [-0.15, -0.1) is 5.10 Å². The molecule has 112 valence electrons. The van der Waals surface area contributed by atoms with Gasteiger partial charge in [0.15, 0.2) is 0 Å². The number of nitrogens with one attached hydrogen (secondary N) is 1. The van der Waals surface area contributed by atoms with Crippen molar-refractivity contribution in [3.05, 3.63) is 11.4 Å². The van der Waals surface area contributed by atoms with E-state index in [9.17, 15) is 4.79 Å². The Hall–Kier alpha value is -1.72. The Labute approximate surface area is 120 Å². The Morgan fingerprint density at radius 1 is 1.20 bits per heavy atom. The largest absolute Gasteiger partial charge is 0.467 e. The van der Waals surface area contributed by atoms with Crippen molar-refractivity contribution < 1.29 is 9.53 Å². The van der Waals surface area contributed by atoms with Crippen LogP contribution in [0.5, 0.6) is 0 Å². The summed E-state index contributed by atoms with van der Waals surface area (Å²) in [6.45, 7) is 8.15. The number of hydrogen-bond donors (Lipinski definition) is 1. The number of aryl methyl sites for hydroxylation is 2. The second-order valence-corrected chi connectivity index (χ2v) is 5.09. The van der Waals surface area contributed by atoms with E-state index in [1.54, 1.807) is 0 Å². The molecule has 0 fully saturated rings. The highest BCUT2D eigenvalue weighted by Crippen LogP contribution is 2.12. The fourth-order valence-corrected chi connectivity index (χ4v) is 1.98. The fourth-order valence-electron chi connectivity index (χ4n) is 1.98. The highest BCUT2D eigenvalue weighted by molar-refractivity contribution is 5.78. The summed E-state index contributed by atoms with van der Waals surface area (Å²) >= 11 is 0. The highest BCUT2D eigenvalue weighted by Gasteiger charge is 2.21. The Balaban J connectivity index is 2.90. The zero-order chi connectivity index (χ0) is 15.1. The van der Waals surface area contributed by atoms with Crippen molar-refractivity contribution in [1.82, 2.24) is 15.2 Å². The SMILES string of the molecule is CCc1nnc(NC(CC(C)C)C(=O)OC)nc1CC. The molecule has 1 heterocycles. The van der Waals surface area contributed by atoms with E-state index in [2.05, 4.69) is 20.5 Å². The molecule has 0 aliphatic heterocycles. The van der Waals surface area contributed by atoms with Crippen LogP contribution < -0.4 is 5.32 Å². The molecule has 1 atom stereocenters. The van der Waals surface area contributed by atoms with Crippen molar-refractivity contribution in [2.75, 3.05) is 12.4 Å². The maximum Gasteiger partial charge on any atom is 0.328 e. The first-order valence-corrected chi connectivity index (χ1v) is 7.08. The molecule has 0 aromatic carbocycles. The Morgan fingerprint density at radius 3 is 2.35 bits per heavy atom. The van der Waals surface area contributed by atoms with Crippen molar-refractivity contribution >= 4 is 11.9 Å². The second kappa shape index (κ2) is 7.77. The first-order valence-electron chi connectivity index (χ1n) is 7.08. The number of aromatic nitrogens is 3. The monoisotopic (exact) mass is 280 g/mol. The summed E-state index contributed by atoms with van der Waals surface area (Å²) in [6.07, 6.45) is 2.25. The van der Waals surface area contributed by atoms with Gasteiger partial charge in [0.2, 0.25) is 5.95 Å². The molecule has 20 heavy (non-hydrogen) atoms. The van der Waals surface area contributed by atoms with Crippen LogP contribution in [0.3, 0.4) is 0 Å². The van der Waals surface area contributed by atoms with Crippen molar-refractivity contribution in [2.24, 2.45) is 5.92 Å². The van der Waals surface area contributed by atoms with Crippen LogP contribution in [0.4, 0.5) is 5.95 Å². The third kappa shape index (κ3) is 4.43. The quantitative estimate of drug-likeness (QED) is 0.770. The van der Waals surface area contributed by atoms with Crippen LogP contribution in [0.15, 0.2) is 0 Å². The van der Waals surface area contributed by atoms with Crippen molar-refractivity contribution in [2.45, 2.75) is 53.0 Å². The minimum absolute atomic E-state index is 0.306. The van der Waals surface area contributed by atoms with Gasteiger partial charge in [-0.2, -0.15) is 5.10 Å². The molecule has 1 unspecified atom stereocenters. The average Bonchev–Trinajstić information content (AvgIpc) is 2.45. The topological polar surface area (TPSA) is 77.0 Å². The molecular weight excluding hydrogens is 256 g/mol.